The summed E-state index contributed by atoms with van der Waals surface area (Å²) in [5.41, 5.74) is -0.894. The molecule has 1 fully saturated rings. The topological polar surface area (TPSA) is 81.0 Å². The first kappa shape index (κ1) is 12.4. The Hall–Kier alpha value is -0.650. The van der Waals surface area contributed by atoms with Gasteiger partial charge in [-0.2, -0.15) is 0 Å². The largest absolute Gasteiger partial charge is 0.480 e. The molecule has 0 amide bonds. The van der Waals surface area contributed by atoms with Crippen LogP contribution in [0.3, 0.4) is 0 Å². The third-order valence-electron chi connectivity index (χ3n) is 3.14. The van der Waals surface area contributed by atoms with Crippen molar-refractivity contribution < 1.29 is 20.1 Å². The van der Waals surface area contributed by atoms with Crippen molar-refractivity contribution in [3.05, 3.63) is 0 Å². The Morgan fingerprint density at radius 3 is 2.73 bits per heavy atom. The van der Waals surface area contributed by atoms with Gasteiger partial charge in [-0.15, -0.1) is 0 Å². The summed E-state index contributed by atoms with van der Waals surface area (Å²) >= 11 is 0. The van der Waals surface area contributed by atoms with Crippen molar-refractivity contribution >= 4 is 5.97 Å². The number of piperidine rings is 1. The van der Waals surface area contributed by atoms with Crippen molar-refractivity contribution in [2.24, 2.45) is 0 Å². The molecule has 2 atom stereocenters. The molecule has 1 aliphatic heterocycles. The molecule has 0 aliphatic carbocycles. The van der Waals surface area contributed by atoms with Crippen LogP contribution in [-0.2, 0) is 4.79 Å². The summed E-state index contributed by atoms with van der Waals surface area (Å²) in [6, 6.07) is 0. The van der Waals surface area contributed by atoms with E-state index in [4.69, 9.17) is 10.2 Å². The van der Waals surface area contributed by atoms with Gasteiger partial charge in [-0.1, -0.05) is 0 Å². The fourth-order valence-electron chi connectivity index (χ4n) is 2.02. The van der Waals surface area contributed by atoms with E-state index in [1.54, 1.807) is 11.8 Å². The van der Waals surface area contributed by atoms with Crippen LogP contribution < -0.4 is 0 Å². The Labute approximate surface area is 89.3 Å². The van der Waals surface area contributed by atoms with Crippen molar-refractivity contribution in [2.45, 2.75) is 37.8 Å². The number of rotatable bonds is 4. The van der Waals surface area contributed by atoms with Crippen molar-refractivity contribution in [3.8, 4) is 0 Å². The molecule has 1 aliphatic rings. The lowest BCUT2D eigenvalue weighted by Crippen LogP contribution is -2.57. The lowest BCUT2D eigenvalue weighted by molar-refractivity contribution is -0.154. The highest BCUT2D eigenvalue weighted by atomic mass is 16.4. The van der Waals surface area contributed by atoms with Gasteiger partial charge in [0.2, 0.25) is 0 Å². The van der Waals surface area contributed by atoms with Crippen molar-refractivity contribution in [2.75, 3.05) is 19.7 Å². The molecule has 5 nitrogen and oxygen atoms in total. The number of hydrogen-bond donors (Lipinski definition) is 3. The molecular formula is C10H19NO4. The number of carboxylic acid groups (broad SMARTS) is 1. The number of aliphatic carboxylic acids is 1. The van der Waals surface area contributed by atoms with Crippen LogP contribution in [0.4, 0.5) is 0 Å². The third-order valence-corrected chi connectivity index (χ3v) is 3.14. The standard InChI is InChI=1S/C10H19NO4/c1-10(9(14)15)4-2-3-5-11(10)6-8(13)7-12/h8,12-13H,2-7H2,1H3,(H,14,15). The molecule has 15 heavy (non-hydrogen) atoms. The van der Waals surface area contributed by atoms with Crippen LogP contribution in [0.1, 0.15) is 26.2 Å². The second-order valence-electron chi connectivity index (χ2n) is 4.32. The first-order valence-corrected chi connectivity index (χ1v) is 5.28. The van der Waals surface area contributed by atoms with Gasteiger partial charge in [0.05, 0.1) is 12.7 Å². The number of β-amino-alcohol motifs (C(OH)–C–C–N with tert-alkyl or cyclic N) is 1. The van der Waals surface area contributed by atoms with E-state index in [1.807, 2.05) is 0 Å². The maximum Gasteiger partial charge on any atom is 0.323 e. The minimum atomic E-state index is -0.894. The average molecular weight is 217 g/mol. The zero-order valence-corrected chi connectivity index (χ0v) is 9.02. The second-order valence-corrected chi connectivity index (χ2v) is 4.32. The van der Waals surface area contributed by atoms with Gasteiger partial charge in [0.25, 0.3) is 0 Å². The van der Waals surface area contributed by atoms with Gasteiger partial charge in [0.1, 0.15) is 5.54 Å². The van der Waals surface area contributed by atoms with Gasteiger partial charge >= 0.3 is 5.97 Å². The molecule has 0 bridgehead atoms. The second kappa shape index (κ2) is 4.92. The number of likely N-dealkylation sites (tertiary alicyclic amines) is 1. The van der Waals surface area contributed by atoms with E-state index in [9.17, 15) is 9.90 Å². The molecule has 88 valence electrons. The van der Waals surface area contributed by atoms with E-state index >= 15 is 0 Å². The Balaban J connectivity index is 2.69. The smallest absolute Gasteiger partial charge is 0.323 e. The van der Waals surface area contributed by atoms with Crippen LogP contribution in [0, 0.1) is 0 Å². The van der Waals surface area contributed by atoms with Gasteiger partial charge in [0, 0.05) is 6.54 Å². The Kier molecular flexibility index (Phi) is 4.07. The lowest BCUT2D eigenvalue weighted by atomic mass is 9.88. The van der Waals surface area contributed by atoms with Crippen molar-refractivity contribution in [1.29, 1.82) is 0 Å². The maximum atomic E-state index is 11.2. The normalized spacial score (nSPS) is 30.1. The number of aliphatic hydroxyl groups is 2. The predicted molar refractivity (Wildman–Crippen MR) is 54.6 cm³/mol. The van der Waals surface area contributed by atoms with Crippen LogP contribution in [0.25, 0.3) is 0 Å². The molecule has 0 aromatic rings. The molecule has 3 N–H and O–H groups in total. The van der Waals surface area contributed by atoms with Crippen LogP contribution >= 0.6 is 0 Å². The summed E-state index contributed by atoms with van der Waals surface area (Å²) in [5, 5.41) is 27.3. The summed E-state index contributed by atoms with van der Waals surface area (Å²) in [5.74, 6) is -0.854. The fraction of sp³-hybridized carbons (Fsp3) is 0.900. The zero-order chi connectivity index (χ0) is 11.5. The lowest BCUT2D eigenvalue weighted by Gasteiger charge is -2.42. The van der Waals surface area contributed by atoms with Crippen molar-refractivity contribution in [1.82, 2.24) is 4.90 Å². The predicted octanol–water partition coefficient (Wildman–Crippen LogP) is -0.331. The molecule has 0 aromatic carbocycles. The van der Waals surface area contributed by atoms with Crippen LogP contribution in [0.2, 0.25) is 0 Å². The average Bonchev–Trinajstić information content (AvgIpc) is 2.21. The summed E-state index contributed by atoms with van der Waals surface area (Å²) in [6.07, 6.45) is 1.58. The molecule has 1 rings (SSSR count). The number of hydrogen-bond acceptors (Lipinski definition) is 4. The SMILES string of the molecule is CC1(C(=O)O)CCCCN1CC(O)CO. The molecule has 1 heterocycles. The highest BCUT2D eigenvalue weighted by Gasteiger charge is 2.41. The summed E-state index contributed by atoms with van der Waals surface area (Å²) < 4.78 is 0. The highest BCUT2D eigenvalue weighted by Crippen LogP contribution is 2.28. The van der Waals surface area contributed by atoms with Gasteiger partial charge in [-0.05, 0) is 32.7 Å². The summed E-state index contributed by atoms with van der Waals surface area (Å²) in [4.78, 5) is 12.9. The van der Waals surface area contributed by atoms with Gasteiger partial charge in [0.15, 0.2) is 0 Å². The van der Waals surface area contributed by atoms with E-state index < -0.39 is 17.6 Å². The fourth-order valence-corrected chi connectivity index (χ4v) is 2.02. The van der Waals surface area contributed by atoms with Crippen LogP contribution in [-0.4, -0.2) is 57.5 Å². The highest BCUT2D eigenvalue weighted by molar-refractivity contribution is 5.78. The number of aliphatic hydroxyl groups excluding tert-OH is 2. The molecule has 0 saturated carbocycles. The van der Waals surface area contributed by atoms with E-state index in [-0.39, 0.29) is 13.2 Å². The molecule has 2 unspecified atom stereocenters. The van der Waals surface area contributed by atoms with E-state index in [1.165, 1.54) is 0 Å². The first-order valence-electron chi connectivity index (χ1n) is 5.28. The maximum absolute atomic E-state index is 11.2. The van der Waals surface area contributed by atoms with Crippen molar-refractivity contribution in [3.63, 3.8) is 0 Å². The van der Waals surface area contributed by atoms with Crippen LogP contribution in [0.5, 0.6) is 0 Å². The Bertz CT molecular complexity index is 233. The van der Waals surface area contributed by atoms with Crippen LogP contribution in [0.15, 0.2) is 0 Å². The van der Waals surface area contributed by atoms with Gasteiger partial charge < -0.3 is 15.3 Å². The zero-order valence-electron chi connectivity index (χ0n) is 9.02. The molecular weight excluding hydrogens is 198 g/mol. The summed E-state index contributed by atoms with van der Waals surface area (Å²) in [7, 11) is 0. The summed E-state index contributed by atoms with van der Waals surface area (Å²) in [6.45, 7) is 2.24. The molecule has 0 spiro atoms. The third kappa shape index (κ3) is 2.68. The Morgan fingerprint density at radius 1 is 1.53 bits per heavy atom. The van der Waals surface area contributed by atoms with Gasteiger partial charge in [-0.25, -0.2) is 0 Å². The molecule has 0 aromatic heterocycles. The molecule has 0 radical (unpaired) electrons. The number of nitrogens with zero attached hydrogens (tertiary/aromatic N) is 1. The van der Waals surface area contributed by atoms with E-state index in [2.05, 4.69) is 0 Å². The van der Waals surface area contributed by atoms with E-state index in [0.29, 0.717) is 13.0 Å². The van der Waals surface area contributed by atoms with E-state index in [0.717, 1.165) is 12.8 Å². The minimum absolute atomic E-state index is 0.222. The Morgan fingerprint density at radius 2 is 2.20 bits per heavy atom. The quantitative estimate of drug-likeness (QED) is 0.600. The number of carbonyl (C=O) groups is 1. The molecule has 5 heteroatoms. The first-order chi connectivity index (χ1) is 7.00. The molecule has 1 saturated heterocycles. The minimum Gasteiger partial charge on any atom is -0.480 e. The monoisotopic (exact) mass is 217 g/mol. The van der Waals surface area contributed by atoms with Gasteiger partial charge in [-0.3, -0.25) is 9.69 Å². The number of carboxylic acids is 1.